The van der Waals surface area contributed by atoms with Crippen LogP contribution in [0.3, 0.4) is 0 Å². The minimum Gasteiger partial charge on any atom is -0.508 e. The first kappa shape index (κ1) is 34.9. The van der Waals surface area contributed by atoms with Gasteiger partial charge in [0.1, 0.15) is 29.9 Å². The molecule has 0 amide bonds. The fourth-order valence-electron chi connectivity index (χ4n) is 9.88. The number of benzene rings is 3. The van der Waals surface area contributed by atoms with Crippen LogP contribution in [-0.2, 0) is 6.42 Å². The van der Waals surface area contributed by atoms with Crippen molar-refractivity contribution in [1.82, 2.24) is 25.5 Å². The zero-order valence-electron chi connectivity index (χ0n) is 30.4. The topological polar surface area (TPSA) is 95.0 Å². The highest BCUT2D eigenvalue weighted by Gasteiger charge is 2.45. The first-order chi connectivity index (χ1) is 25.8. The maximum Gasteiger partial charge on any atom is 0.319 e. The summed E-state index contributed by atoms with van der Waals surface area (Å²) in [5.74, 6) is -1.24. The molecule has 0 aliphatic carbocycles. The number of fused-ring (bicyclic) bond motifs is 6. The van der Waals surface area contributed by atoms with E-state index in [-0.39, 0.29) is 76.8 Å². The fourth-order valence-corrected chi connectivity index (χ4v) is 9.88. The summed E-state index contributed by atoms with van der Waals surface area (Å²) in [5, 5.41) is 19.3. The number of nitrogens with zero attached hydrogens (tertiary/aromatic N) is 4. The Morgan fingerprint density at radius 1 is 1.00 bits per heavy atom. The molecule has 3 unspecified atom stereocenters. The number of aromatic hydroxyl groups is 1. The Balaban J connectivity index is 1.14. The molecule has 4 saturated heterocycles. The van der Waals surface area contributed by atoms with Crippen molar-refractivity contribution in [2.75, 3.05) is 57.4 Å². The average Bonchev–Trinajstić information content (AvgIpc) is 3.46. The Morgan fingerprint density at radius 3 is 2.72 bits per heavy atom. The van der Waals surface area contributed by atoms with Crippen molar-refractivity contribution in [3.63, 3.8) is 0 Å². The van der Waals surface area contributed by atoms with Gasteiger partial charge >= 0.3 is 6.01 Å². The second-order valence-corrected chi connectivity index (χ2v) is 16.0. The molecule has 1 aromatic heterocycles. The summed E-state index contributed by atoms with van der Waals surface area (Å²) in [6.07, 6.45) is 6.40. The number of nitrogens with one attached hydrogen (secondary N) is 2. The molecule has 0 radical (unpaired) electrons. The van der Waals surface area contributed by atoms with E-state index < -0.39 is 17.8 Å². The summed E-state index contributed by atoms with van der Waals surface area (Å²) in [7, 11) is 0. The van der Waals surface area contributed by atoms with E-state index in [2.05, 4.69) is 25.4 Å². The number of piperidine rings is 1. The van der Waals surface area contributed by atoms with Gasteiger partial charge in [0.05, 0.1) is 23.6 Å². The number of alkyl halides is 1. The van der Waals surface area contributed by atoms with Gasteiger partial charge in [-0.25, -0.2) is 13.2 Å². The number of phenolic OH excluding ortho intramolecular Hbond substituents is 1. The van der Waals surface area contributed by atoms with Crippen molar-refractivity contribution in [2.24, 2.45) is 11.8 Å². The zero-order chi connectivity index (χ0) is 36.2. The maximum absolute atomic E-state index is 17.3. The van der Waals surface area contributed by atoms with Crippen LogP contribution in [0, 0.1) is 23.5 Å². The molecule has 6 heterocycles. The Kier molecular flexibility index (Phi) is 9.48. The largest absolute Gasteiger partial charge is 0.508 e. The molecular weight excluding hydrogens is 681 g/mol. The maximum atomic E-state index is 17.3. The molecule has 3 N–H and O–H groups in total. The molecule has 53 heavy (non-hydrogen) atoms. The van der Waals surface area contributed by atoms with E-state index in [9.17, 15) is 5.11 Å². The Morgan fingerprint density at radius 2 is 1.87 bits per heavy atom. The highest BCUT2D eigenvalue weighted by atomic mass is 19.1. The molecule has 5 aliphatic rings. The zero-order valence-corrected chi connectivity index (χ0v) is 30.4. The van der Waals surface area contributed by atoms with Gasteiger partial charge in [-0.1, -0.05) is 31.5 Å². The molecule has 9 rings (SSSR count). The second-order valence-electron chi connectivity index (χ2n) is 16.0. The predicted molar refractivity (Wildman–Crippen MR) is 200 cm³/mol. The monoisotopic (exact) mass is 730 g/mol. The smallest absolute Gasteiger partial charge is 0.319 e. The molecule has 6 atom stereocenters. The molecule has 3 aromatic carbocycles. The number of likely N-dealkylation sites (tertiary alicyclic amines) is 1. The van der Waals surface area contributed by atoms with Gasteiger partial charge in [0.15, 0.2) is 17.4 Å². The molecule has 5 aliphatic heterocycles. The SMILES string of the molecule is CCc1cccc2cc(O)cc(-c3c(F)c4c5c(nc(OC[C@@H]6C[C@@H](F)CNC[C@@H](CN7CCCCC7)C6)nc5c3F)N3CC5CCC(N5)C3CO4)c12. The van der Waals surface area contributed by atoms with E-state index in [0.717, 1.165) is 51.0 Å². The number of rotatable bonds is 7. The van der Waals surface area contributed by atoms with Crippen LogP contribution in [0.2, 0.25) is 0 Å². The van der Waals surface area contributed by atoms with Gasteiger partial charge in [-0.15, -0.1) is 0 Å². The summed E-state index contributed by atoms with van der Waals surface area (Å²) in [5.41, 5.74) is 0.727. The van der Waals surface area contributed by atoms with Crippen molar-refractivity contribution in [1.29, 1.82) is 0 Å². The lowest BCUT2D eigenvalue weighted by Gasteiger charge is -2.40. The lowest BCUT2D eigenvalue weighted by Crippen LogP contribution is -2.60. The number of anilines is 1. The third-order valence-electron chi connectivity index (χ3n) is 12.3. The third kappa shape index (κ3) is 6.54. The van der Waals surface area contributed by atoms with Crippen LogP contribution in [0.1, 0.15) is 57.4 Å². The number of halogens is 3. The van der Waals surface area contributed by atoms with E-state index in [1.165, 1.54) is 25.3 Å². The van der Waals surface area contributed by atoms with Gasteiger partial charge in [-0.05, 0) is 110 Å². The molecule has 0 saturated carbocycles. The number of aromatic nitrogens is 2. The first-order valence-electron chi connectivity index (χ1n) is 19.7. The molecule has 4 aromatic rings. The van der Waals surface area contributed by atoms with Gasteiger partial charge in [0, 0.05) is 31.7 Å². The van der Waals surface area contributed by atoms with Gasteiger partial charge < -0.3 is 35.0 Å². The molecule has 282 valence electrons. The van der Waals surface area contributed by atoms with E-state index in [1.54, 1.807) is 6.07 Å². The van der Waals surface area contributed by atoms with Crippen LogP contribution < -0.4 is 25.0 Å². The molecule has 12 heteroatoms. The van der Waals surface area contributed by atoms with Crippen molar-refractivity contribution in [3.05, 3.63) is 47.5 Å². The van der Waals surface area contributed by atoms with Crippen molar-refractivity contribution in [2.45, 2.75) is 82.6 Å². The minimum absolute atomic E-state index is 0.0142. The van der Waals surface area contributed by atoms with Crippen LogP contribution in [0.15, 0.2) is 30.3 Å². The van der Waals surface area contributed by atoms with E-state index in [0.29, 0.717) is 48.4 Å². The number of ether oxygens (including phenoxy) is 2. The van der Waals surface area contributed by atoms with Crippen molar-refractivity contribution >= 4 is 27.5 Å². The number of aryl methyl sites for hydroxylation is 1. The summed E-state index contributed by atoms with van der Waals surface area (Å²) in [6.45, 7) is 7.20. The van der Waals surface area contributed by atoms with Gasteiger partial charge in [-0.3, -0.25) is 0 Å². The number of hydrogen-bond donors (Lipinski definition) is 3. The van der Waals surface area contributed by atoms with Crippen LogP contribution in [0.5, 0.6) is 17.5 Å². The lowest BCUT2D eigenvalue weighted by atomic mass is 9.88. The van der Waals surface area contributed by atoms with E-state index in [4.69, 9.17) is 14.5 Å². The average molecular weight is 731 g/mol. The summed E-state index contributed by atoms with van der Waals surface area (Å²) in [6, 6.07) is 8.82. The summed E-state index contributed by atoms with van der Waals surface area (Å²) in [4.78, 5) is 14.2. The molecule has 0 spiro atoms. The highest BCUT2D eigenvalue weighted by molar-refractivity contribution is 6.05. The van der Waals surface area contributed by atoms with Crippen LogP contribution >= 0.6 is 0 Å². The van der Waals surface area contributed by atoms with Crippen molar-refractivity contribution in [3.8, 4) is 28.6 Å². The van der Waals surface area contributed by atoms with Gasteiger partial charge in [0.2, 0.25) is 0 Å². The molecule has 4 fully saturated rings. The van der Waals surface area contributed by atoms with Gasteiger partial charge in [-0.2, -0.15) is 9.97 Å². The Bertz CT molecular complexity index is 2010. The molecular formula is C41H49F3N6O3. The van der Waals surface area contributed by atoms with Gasteiger partial charge in [0.25, 0.3) is 0 Å². The minimum atomic E-state index is -1.01. The predicted octanol–water partition coefficient (Wildman–Crippen LogP) is 6.52. The van der Waals surface area contributed by atoms with Crippen molar-refractivity contribution < 1.29 is 27.8 Å². The number of phenols is 1. The van der Waals surface area contributed by atoms with E-state index >= 15 is 13.2 Å². The Hall–Kier alpha value is -3.87. The molecule has 2 bridgehead atoms. The standard InChI is InChI=1S/C41H49F3N6O3/c1-2-25-7-6-8-26-15-29(51)16-30(33(25)26)34-36(43)38-35-39(37(34)44)52-22-32-31-10-9-28(46-31)20-50(32)40(35)48-41(47-38)53-21-23-13-24(17-45-18-27(42)14-23)19-49-11-4-3-5-12-49/h6-8,15-16,23-24,27-28,31-32,45-46,51H,2-5,9-14,17-22H2,1H3/t23-,24-,27+,28?,31?,32?/m0/s1. The highest BCUT2D eigenvalue weighted by Crippen LogP contribution is 2.48. The normalized spacial score (nSPS) is 27.6. The summed E-state index contributed by atoms with van der Waals surface area (Å²) >= 11 is 0. The number of piperazine rings is 1. The third-order valence-corrected chi connectivity index (χ3v) is 12.3. The van der Waals surface area contributed by atoms with Crippen LogP contribution in [0.4, 0.5) is 19.0 Å². The molecule has 9 nitrogen and oxygen atoms in total. The first-order valence-corrected chi connectivity index (χ1v) is 19.7. The fraction of sp³-hybridized carbons (Fsp3) is 0.561. The van der Waals surface area contributed by atoms with E-state index in [1.807, 2.05) is 25.1 Å². The quantitative estimate of drug-likeness (QED) is 0.197. The second kappa shape index (κ2) is 14.4. The van der Waals surface area contributed by atoms with Crippen LogP contribution in [-0.4, -0.2) is 96.8 Å². The Labute approximate surface area is 308 Å². The summed E-state index contributed by atoms with van der Waals surface area (Å²) < 4.78 is 62.2. The number of hydrogen-bond acceptors (Lipinski definition) is 9. The lowest BCUT2D eigenvalue weighted by molar-refractivity contribution is 0.122. The van der Waals surface area contributed by atoms with Crippen LogP contribution in [0.25, 0.3) is 32.8 Å².